The zero-order chi connectivity index (χ0) is 13.6. The van der Waals surface area contributed by atoms with E-state index in [4.69, 9.17) is 0 Å². The molecule has 0 saturated heterocycles. The minimum Gasteiger partial charge on any atom is -0.622 e. The van der Waals surface area contributed by atoms with Crippen molar-refractivity contribution >= 4 is 11.6 Å². The van der Waals surface area contributed by atoms with E-state index in [9.17, 15) is 15.2 Å². The normalized spacial score (nSPS) is 23.3. The van der Waals surface area contributed by atoms with Crippen LogP contribution in [0.1, 0.15) is 41.5 Å². The molecule has 0 aromatic rings. The molecule has 0 bridgehead atoms. The molecule has 0 atom stereocenters. The van der Waals surface area contributed by atoms with Crippen LogP contribution in [0.15, 0.2) is 0 Å². The Morgan fingerprint density at radius 2 is 1.88 bits per heavy atom. The van der Waals surface area contributed by atoms with Gasteiger partial charge in [0.05, 0.1) is 0 Å². The molecule has 0 aromatic heterocycles. The molecule has 0 fully saturated rings. The Balaban J connectivity index is 3.20. The molecule has 0 spiro atoms. The third-order valence-electron chi connectivity index (χ3n) is 2.96. The number of rotatable bonds is 2. The first-order valence-corrected chi connectivity index (χ1v) is 5.67. The van der Waals surface area contributed by atoms with Gasteiger partial charge in [0.15, 0.2) is 0 Å². The molecular formula is C11H21N3O3. The summed E-state index contributed by atoms with van der Waals surface area (Å²) in [7, 11) is 0. The van der Waals surface area contributed by atoms with Gasteiger partial charge in [-0.2, -0.15) is 4.74 Å². The second-order valence-corrected chi connectivity index (χ2v) is 5.64. The van der Waals surface area contributed by atoms with Crippen LogP contribution in [0.4, 0.5) is 0 Å². The van der Waals surface area contributed by atoms with E-state index in [2.05, 4.69) is 5.32 Å². The Labute approximate surface area is 101 Å². The molecule has 1 aliphatic heterocycles. The van der Waals surface area contributed by atoms with Crippen molar-refractivity contribution in [3.8, 4) is 0 Å². The maximum Gasteiger partial charge on any atom is 0.314 e. The van der Waals surface area contributed by atoms with Gasteiger partial charge in [-0.15, -0.1) is 5.06 Å². The van der Waals surface area contributed by atoms with E-state index >= 15 is 0 Å². The number of nitrogens with zero attached hydrogens (tertiary/aromatic N) is 2. The molecule has 98 valence electrons. The third kappa shape index (κ3) is 2.02. The number of carbonyl (C=O) groups is 1. The molecule has 0 unspecified atom stereocenters. The van der Waals surface area contributed by atoms with Crippen LogP contribution in [0.5, 0.6) is 0 Å². The Morgan fingerprint density at radius 3 is 2.18 bits per heavy atom. The van der Waals surface area contributed by atoms with Gasteiger partial charge in [-0.3, -0.25) is 4.79 Å². The highest BCUT2D eigenvalue weighted by molar-refractivity contribution is 6.40. The fraction of sp³-hybridized carbons (Fsp3) is 0.818. The second-order valence-electron chi connectivity index (χ2n) is 5.64. The van der Waals surface area contributed by atoms with Crippen molar-refractivity contribution in [3.05, 3.63) is 5.21 Å². The molecule has 17 heavy (non-hydrogen) atoms. The Bertz CT molecular complexity index is 372. The largest absolute Gasteiger partial charge is 0.622 e. The zero-order valence-electron chi connectivity index (χ0n) is 11.2. The Hall–Kier alpha value is -1.14. The highest BCUT2D eigenvalue weighted by Gasteiger charge is 2.59. The summed E-state index contributed by atoms with van der Waals surface area (Å²) < 4.78 is 0.574. The highest BCUT2D eigenvalue weighted by Crippen LogP contribution is 2.32. The SMILES string of the molecule is CC(C)NC(=O)C1=[N+]([O-])C(C)(C)N(O)C1(C)C. The average Bonchev–Trinajstić information content (AvgIpc) is 2.24. The van der Waals surface area contributed by atoms with Crippen molar-refractivity contribution in [2.75, 3.05) is 0 Å². The lowest BCUT2D eigenvalue weighted by Gasteiger charge is -2.29. The first-order chi connectivity index (χ1) is 7.52. The summed E-state index contributed by atoms with van der Waals surface area (Å²) in [6.07, 6.45) is 0. The fourth-order valence-electron chi connectivity index (χ4n) is 2.09. The van der Waals surface area contributed by atoms with Gasteiger partial charge in [-0.05, 0) is 27.7 Å². The summed E-state index contributed by atoms with van der Waals surface area (Å²) >= 11 is 0. The van der Waals surface area contributed by atoms with Crippen LogP contribution in [0, 0.1) is 5.21 Å². The molecule has 1 rings (SSSR count). The smallest absolute Gasteiger partial charge is 0.314 e. The minimum absolute atomic E-state index is 0.0266. The third-order valence-corrected chi connectivity index (χ3v) is 2.96. The van der Waals surface area contributed by atoms with Crippen LogP contribution >= 0.6 is 0 Å². The monoisotopic (exact) mass is 243 g/mol. The molecule has 1 aliphatic rings. The Morgan fingerprint density at radius 1 is 1.41 bits per heavy atom. The van der Waals surface area contributed by atoms with Crippen LogP contribution in [-0.4, -0.2) is 43.9 Å². The molecule has 0 radical (unpaired) electrons. The van der Waals surface area contributed by atoms with E-state index in [1.54, 1.807) is 27.7 Å². The van der Waals surface area contributed by atoms with E-state index in [0.717, 1.165) is 5.06 Å². The average molecular weight is 243 g/mol. The van der Waals surface area contributed by atoms with Gasteiger partial charge < -0.3 is 15.7 Å². The van der Waals surface area contributed by atoms with E-state index in [1.807, 2.05) is 13.8 Å². The number of hydrogen-bond donors (Lipinski definition) is 2. The molecule has 1 heterocycles. The van der Waals surface area contributed by atoms with Crippen molar-refractivity contribution < 1.29 is 14.7 Å². The second kappa shape index (κ2) is 3.96. The first kappa shape index (κ1) is 13.9. The molecular weight excluding hydrogens is 222 g/mol. The van der Waals surface area contributed by atoms with Crippen molar-refractivity contribution in [3.63, 3.8) is 0 Å². The van der Waals surface area contributed by atoms with Crippen molar-refractivity contribution in [2.45, 2.75) is 58.8 Å². The highest BCUT2D eigenvalue weighted by atomic mass is 16.6. The first-order valence-electron chi connectivity index (χ1n) is 5.67. The number of amides is 1. The molecule has 0 aromatic carbocycles. The number of hydrogen-bond acceptors (Lipinski definition) is 4. The molecule has 0 aliphatic carbocycles. The van der Waals surface area contributed by atoms with Crippen molar-refractivity contribution in [2.24, 2.45) is 0 Å². The van der Waals surface area contributed by atoms with E-state index < -0.39 is 17.1 Å². The van der Waals surface area contributed by atoms with E-state index in [0.29, 0.717) is 4.74 Å². The van der Waals surface area contributed by atoms with Gasteiger partial charge in [0, 0.05) is 19.9 Å². The van der Waals surface area contributed by atoms with Crippen LogP contribution in [-0.2, 0) is 4.79 Å². The summed E-state index contributed by atoms with van der Waals surface area (Å²) in [5, 5.41) is 25.7. The summed E-state index contributed by atoms with van der Waals surface area (Å²) in [5.74, 6) is -0.440. The lowest BCUT2D eigenvalue weighted by Crippen LogP contribution is -2.53. The van der Waals surface area contributed by atoms with Crippen molar-refractivity contribution in [1.82, 2.24) is 10.4 Å². The van der Waals surface area contributed by atoms with E-state index in [-0.39, 0.29) is 11.8 Å². The van der Waals surface area contributed by atoms with Gasteiger partial charge in [0.2, 0.25) is 5.66 Å². The standard InChI is InChI=1S/C11H21N3O3/c1-7(2)12-9(15)8-10(3,4)14(17)11(5,6)13(8)16/h7,17H,1-6H3,(H,12,15). The summed E-state index contributed by atoms with van der Waals surface area (Å²) in [6.45, 7) is 10.0. The zero-order valence-corrected chi connectivity index (χ0v) is 11.2. The molecule has 2 N–H and O–H groups in total. The van der Waals surface area contributed by atoms with E-state index in [1.165, 1.54) is 0 Å². The predicted octanol–water partition coefficient (Wildman–Crippen LogP) is 0.682. The topological polar surface area (TPSA) is 78.6 Å². The van der Waals surface area contributed by atoms with Gasteiger partial charge in [0.25, 0.3) is 5.71 Å². The summed E-state index contributed by atoms with van der Waals surface area (Å²) in [4.78, 5) is 12.0. The van der Waals surface area contributed by atoms with Crippen molar-refractivity contribution in [1.29, 1.82) is 0 Å². The lowest BCUT2D eigenvalue weighted by atomic mass is 9.97. The summed E-state index contributed by atoms with van der Waals surface area (Å²) in [6, 6.07) is -0.0601. The van der Waals surface area contributed by atoms with Gasteiger partial charge in [0.1, 0.15) is 5.54 Å². The minimum atomic E-state index is -1.15. The van der Waals surface area contributed by atoms with Gasteiger partial charge in [-0.25, -0.2) is 0 Å². The molecule has 6 nitrogen and oxygen atoms in total. The van der Waals surface area contributed by atoms with Gasteiger partial charge in [-0.1, -0.05) is 0 Å². The van der Waals surface area contributed by atoms with Crippen LogP contribution < -0.4 is 5.32 Å². The van der Waals surface area contributed by atoms with Crippen LogP contribution in [0.2, 0.25) is 0 Å². The quantitative estimate of drug-likeness (QED) is 0.552. The predicted molar refractivity (Wildman–Crippen MR) is 63.7 cm³/mol. The number of nitrogens with one attached hydrogen (secondary N) is 1. The van der Waals surface area contributed by atoms with Gasteiger partial charge >= 0.3 is 5.91 Å². The fourth-order valence-corrected chi connectivity index (χ4v) is 2.09. The lowest BCUT2D eigenvalue weighted by molar-refractivity contribution is -0.580. The summed E-state index contributed by atoms with van der Waals surface area (Å²) in [5.41, 5.74) is -2.13. The number of carbonyl (C=O) groups excluding carboxylic acids is 1. The molecule has 6 heteroatoms. The molecule has 0 saturated carbocycles. The number of hydroxylamine groups is 3. The molecule has 1 amide bonds. The van der Waals surface area contributed by atoms with Crippen LogP contribution in [0.3, 0.4) is 0 Å². The van der Waals surface area contributed by atoms with Crippen LogP contribution in [0.25, 0.3) is 0 Å². The Kier molecular flexibility index (Phi) is 3.24. The maximum atomic E-state index is 12.1. The maximum absolute atomic E-state index is 12.1.